The van der Waals surface area contributed by atoms with Gasteiger partial charge in [-0.2, -0.15) is 17.5 Å². The molecule has 2 saturated heterocycles. The summed E-state index contributed by atoms with van der Waals surface area (Å²) >= 11 is 0. The molecule has 0 bridgehead atoms. The van der Waals surface area contributed by atoms with E-state index in [0.29, 0.717) is 29.7 Å². The van der Waals surface area contributed by atoms with E-state index in [1.165, 1.54) is 12.8 Å². The Balaban J connectivity index is 1.66. The van der Waals surface area contributed by atoms with Crippen LogP contribution in [-0.2, 0) is 10.0 Å². The van der Waals surface area contributed by atoms with Crippen molar-refractivity contribution in [2.75, 3.05) is 52.9 Å². The Morgan fingerprint density at radius 3 is 2.21 bits per heavy atom. The summed E-state index contributed by atoms with van der Waals surface area (Å²) in [5.41, 5.74) is -5.23. The van der Waals surface area contributed by atoms with Crippen LogP contribution in [0.2, 0.25) is 0 Å². The molecule has 0 aromatic rings. The summed E-state index contributed by atoms with van der Waals surface area (Å²) in [6.07, 6.45) is 3.25. The molecule has 0 unspecified atom stereocenters. The van der Waals surface area contributed by atoms with Gasteiger partial charge >= 0.3 is 15.5 Å². The number of likely N-dealkylation sites (tertiary alicyclic amines) is 1. The lowest BCUT2D eigenvalue weighted by Gasteiger charge is -2.32. The lowest BCUT2D eigenvalue weighted by atomic mass is 9.98. The third-order valence-corrected chi connectivity index (χ3v) is 7.21. The number of piperidine rings is 2. The lowest BCUT2D eigenvalue weighted by Crippen LogP contribution is -2.48. The van der Waals surface area contributed by atoms with Crippen molar-refractivity contribution >= 4 is 16.0 Å². The highest BCUT2D eigenvalue weighted by molar-refractivity contribution is 7.90. The maximum absolute atomic E-state index is 12.6. The second-order valence-corrected chi connectivity index (χ2v) is 9.63. The predicted molar refractivity (Wildman–Crippen MR) is 103 cm³/mol. The van der Waals surface area contributed by atoms with Crippen LogP contribution < -0.4 is 10.6 Å². The molecule has 2 fully saturated rings. The fourth-order valence-corrected chi connectivity index (χ4v) is 4.56. The number of aliphatic imine (C=N–C) groups is 1. The molecule has 0 amide bonds. The molecular formula is C17H32F3N5O2S. The number of rotatable bonds is 6. The number of nitrogens with zero attached hydrogens (tertiary/aromatic N) is 3. The van der Waals surface area contributed by atoms with E-state index in [4.69, 9.17) is 0 Å². The average molecular weight is 428 g/mol. The van der Waals surface area contributed by atoms with Gasteiger partial charge in [0.05, 0.1) is 0 Å². The third kappa shape index (κ3) is 6.48. The first-order valence-electron chi connectivity index (χ1n) is 9.86. The summed E-state index contributed by atoms with van der Waals surface area (Å²) in [6, 6.07) is 0. The first-order chi connectivity index (χ1) is 13.1. The summed E-state index contributed by atoms with van der Waals surface area (Å²) < 4.78 is 61.3. The second-order valence-electron chi connectivity index (χ2n) is 7.70. The van der Waals surface area contributed by atoms with E-state index >= 15 is 0 Å². The number of alkyl halides is 3. The monoisotopic (exact) mass is 427 g/mol. The van der Waals surface area contributed by atoms with E-state index in [0.717, 1.165) is 32.1 Å². The zero-order valence-corrected chi connectivity index (χ0v) is 17.4. The van der Waals surface area contributed by atoms with Crippen molar-refractivity contribution < 1.29 is 21.6 Å². The Hall–Kier alpha value is -1.07. The summed E-state index contributed by atoms with van der Waals surface area (Å²) in [5.74, 6) is 1.58. The van der Waals surface area contributed by atoms with Gasteiger partial charge in [-0.25, -0.2) is 8.42 Å². The van der Waals surface area contributed by atoms with Gasteiger partial charge in [0.1, 0.15) is 0 Å². The summed E-state index contributed by atoms with van der Waals surface area (Å²) in [7, 11) is -3.54. The first kappa shape index (κ1) is 23.2. The zero-order chi connectivity index (χ0) is 20.8. The first-order valence-corrected chi connectivity index (χ1v) is 11.3. The van der Waals surface area contributed by atoms with Crippen molar-refractivity contribution in [3.8, 4) is 0 Å². The predicted octanol–water partition coefficient (Wildman–Crippen LogP) is 1.44. The van der Waals surface area contributed by atoms with Gasteiger partial charge in [0.25, 0.3) is 0 Å². The van der Waals surface area contributed by atoms with Crippen molar-refractivity contribution in [3.05, 3.63) is 0 Å². The number of nitrogens with one attached hydrogen (secondary N) is 2. The number of hydrogen-bond acceptors (Lipinski definition) is 4. The van der Waals surface area contributed by atoms with Crippen LogP contribution in [0.15, 0.2) is 4.99 Å². The normalized spacial score (nSPS) is 22.4. The maximum atomic E-state index is 12.6. The summed E-state index contributed by atoms with van der Waals surface area (Å²) in [6.45, 7) is 6.59. The van der Waals surface area contributed by atoms with Crippen molar-refractivity contribution in [1.82, 2.24) is 19.8 Å². The van der Waals surface area contributed by atoms with Gasteiger partial charge in [0.2, 0.25) is 0 Å². The van der Waals surface area contributed by atoms with E-state index in [-0.39, 0.29) is 19.0 Å². The Bertz CT molecular complexity index is 611. The number of halogens is 3. The maximum Gasteiger partial charge on any atom is 0.511 e. The molecule has 0 saturated carbocycles. The van der Waals surface area contributed by atoms with Gasteiger partial charge in [-0.1, -0.05) is 6.92 Å². The molecule has 2 heterocycles. The van der Waals surface area contributed by atoms with Crippen molar-refractivity contribution in [1.29, 1.82) is 0 Å². The van der Waals surface area contributed by atoms with Crippen LogP contribution in [0, 0.1) is 11.8 Å². The van der Waals surface area contributed by atoms with Crippen LogP contribution in [0.1, 0.15) is 32.6 Å². The molecule has 0 atom stereocenters. The summed E-state index contributed by atoms with van der Waals surface area (Å²) in [5, 5.41) is 6.46. The molecule has 0 spiro atoms. The Morgan fingerprint density at radius 2 is 1.68 bits per heavy atom. The van der Waals surface area contributed by atoms with E-state index in [1.807, 2.05) is 0 Å². The standard InChI is InChI=1S/C17H32F3N5O2S/c1-14-3-8-24(9-4-14)12-7-22-16(21-2)23-13-15-5-10-25(11-6-15)28(26,27)17(18,19)20/h14-15H,3-13H2,1-2H3,(H2,21,22,23). The minimum atomic E-state index is -5.23. The smallest absolute Gasteiger partial charge is 0.356 e. The van der Waals surface area contributed by atoms with Crippen LogP contribution in [0.5, 0.6) is 0 Å². The van der Waals surface area contributed by atoms with Gasteiger partial charge in [-0.05, 0) is 50.6 Å². The van der Waals surface area contributed by atoms with E-state index < -0.39 is 15.5 Å². The molecule has 7 nitrogen and oxygen atoms in total. The third-order valence-electron chi connectivity index (χ3n) is 5.58. The van der Waals surface area contributed by atoms with Crippen molar-refractivity contribution in [3.63, 3.8) is 0 Å². The second kappa shape index (κ2) is 10.1. The topological polar surface area (TPSA) is 77.0 Å². The quantitative estimate of drug-likeness (QED) is 0.496. The summed E-state index contributed by atoms with van der Waals surface area (Å²) in [4.78, 5) is 6.60. The highest BCUT2D eigenvalue weighted by atomic mass is 32.2. The minimum absolute atomic E-state index is 0.104. The number of guanidine groups is 1. The van der Waals surface area contributed by atoms with Crippen LogP contribution >= 0.6 is 0 Å². The molecule has 164 valence electrons. The average Bonchev–Trinajstić information content (AvgIpc) is 2.65. The SMILES string of the molecule is CN=C(NCCN1CCC(C)CC1)NCC1CCN(S(=O)(=O)C(F)(F)F)CC1. The van der Waals surface area contributed by atoms with Gasteiger partial charge in [0, 0.05) is 39.8 Å². The van der Waals surface area contributed by atoms with Gasteiger partial charge < -0.3 is 15.5 Å². The number of hydrogen-bond donors (Lipinski definition) is 2. The van der Waals surface area contributed by atoms with Crippen molar-refractivity contribution in [2.24, 2.45) is 16.8 Å². The Kier molecular flexibility index (Phi) is 8.38. The van der Waals surface area contributed by atoms with Crippen LogP contribution in [0.25, 0.3) is 0 Å². The fraction of sp³-hybridized carbons (Fsp3) is 0.941. The highest BCUT2D eigenvalue weighted by Gasteiger charge is 2.50. The molecule has 11 heteroatoms. The van der Waals surface area contributed by atoms with Gasteiger partial charge in [-0.3, -0.25) is 4.99 Å². The van der Waals surface area contributed by atoms with Crippen molar-refractivity contribution in [2.45, 2.75) is 38.1 Å². The van der Waals surface area contributed by atoms with E-state index in [2.05, 4.69) is 27.4 Å². The van der Waals surface area contributed by atoms with E-state index in [9.17, 15) is 21.6 Å². The van der Waals surface area contributed by atoms with Crippen LogP contribution in [-0.4, -0.2) is 82.0 Å². The molecule has 0 aliphatic carbocycles. The highest BCUT2D eigenvalue weighted by Crippen LogP contribution is 2.30. The largest absolute Gasteiger partial charge is 0.511 e. The van der Waals surface area contributed by atoms with Gasteiger partial charge in [-0.15, -0.1) is 0 Å². The molecular weight excluding hydrogens is 395 g/mol. The minimum Gasteiger partial charge on any atom is -0.356 e. The molecule has 2 N–H and O–H groups in total. The van der Waals surface area contributed by atoms with Crippen LogP contribution in [0.3, 0.4) is 0 Å². The van der Waals surface area contributed by atoms with Gasteiger partial charge in [0.15, 0.2) is 5.96 Å². The molecule has 2 aliphatic heterocycles. The molecule has 2 rings (SSSR count). The molecule has 0 aromatic carbocycles. The Morgan fingerprint density at radius 1 is 1.07 bits per heavy atom. The van der Waals surface area contributed by atoms with Crippen LogP contribution in [0.4, 0.5) is 13.2 Å². The lowest BCUT2D eigenvalue weighted by molar-refractivity contribution is -0.0496. The number of sulfonamides is 1. The van der Waals surface area contributed by atoms with E-state index in [1.54, 1.807) is 7.05 Å². The zero-order valence-electron chi connectivity index (χ0n) is 16.6. The Labute approximate surface area is 165 Å². The molecule has 28 heavy (non-hydrogen) atoms. The molecule has 0 aromatic heterocycles. The fourth-order valence-electron chi connectivity index (χ4n) is 3.58. The molecule has 0 radical (unpaired) electrons. The molecule has 2 aliphatic rings.